The Hall–Kier alpha value is -2.26. The summed E-state index contributed by atoms with van der Waals surface area (Å²) in [4.78, 5) is 19.4. The van der Waals surface area contributed by atoms with Crippen molar-refractivity contribution >= 4 is 34.2 Å². The lowest BCUT2D eigenvalue weighted by molar-refractivity contribution is -0.121. The number of hydrogen-bond donors (Lipinski definition) is 1. The van der Waals surface area contributed by atoms with Gasteiger partial charge in [-0.1, -0.05) is 29.4 Å². The average Bonchev–Trinajstić information content (AvgIpc) is 3.19. The molecule has 3 aromatic rings. The molecule has 150 valence electrons. The summed E-state index contributed by atoms with van der Waals surface area (Å²) >= 11 is 2.26. The second-order valence-corrected chi connectivity index (χ2v) is 8.62. The molecule has 4 rings (SSSR count). The van der Waals surface area contributed by atoms with Crippen molar-refractivity contribution in [3.63, 3.8) is 0 Å². The molecule has 7 heteroatoms. The second-order valence-electron chi connectivity index (χ2n) is 7.37. The number of nitrogens with one attached hydrogen (secondary N) is 1. The van der Waals surface area contributed by atoms with Crippen molar-refractivity contribution in [1.82, 2.24) is 15.0 Å². The van der Waals surface area contributed by atoms with Crippen molar-refractivity contribution in [2.45, 2.75) is 26.3 Å². The van der Waals surface area contributed by atoms with Gasteiger partial charge in [0.1, 0.15) is 0 Å². The average molecular weight is 502 g/mol. The van der Waals surface area contributed by atoms with Gasteiger partial charge in [0.05, 0.1) is 6.54 Å². The number of benzene rings is 2. The number of carbonyl (C=O) groups excluding carboxylic acids is 1. The van der Waals surface area contributed by atoms with Crippen molar-refractivity contribution in [1.29, 1.82) is 0 Å². The normalized spacial score (nSPS) is 15.4. The molecule has 0 aliphatic carbocycles. The van der Waals surface area contributed by atoms with Crippen LogP contribution in [0.25, 0.3) is 11.4 Å². The van der Waals surface area contributed by atoms with Gasteiger partial charge in [0.25, 0.3) is 0 Å². The minimum atomic E-state index is 0.0377. The second kappa shape index (κ2) is 9.04. The summed E-state index contributed by atoms with van der Waals surface area (Å²) in [6.45, 7) is 4.33. The number of piperidine rings is 1. The molecule has 1 saturated heterocycles. The molecule has 2 heterocycles. The molecule has 1 aromatic heterocycles. The molecule has 1 aliphatic heterocycles. The third kappa shape index (κ3) is 5.02. The van der Waals surface area contributed by atoms with Crippen molar-refractivity contribution in [3.8, 4) is 11.4 Å². The number of anilines is 1. The van der Waals surface area contributed by atoms with Crippen LogP contribution in [-0.2, 0) is 11.3 Å². The Morgan fingerprint density at radius 3 is 2.62 bits per heavy atom. The third-order valence-corrected chi connectivity index (χ3v) is 6.00. The number of aryl methyl sites for hydroxylation is 1. The Bertz CT molecular complexity index is 978. The lowest BCUT2D eigenvalue weighted by Crippen LogP contribution is -2.37. The zero-order valence-corrected chi connectivity index (χ0v) is 18.4. The molecule has 1 amide bonds. The summed E-state index contributed by atoms with van der Waals surface area (Å²) in [6, 6.07) is 15.9. The van der Waals surface area contributed by atoms with Crippen LogP contribution in [0.2, 0.25) is 0 Å². The minimum absolute atomic E-state index is 0.0377. The van der Waals surface area contributed by atoms with Crippen molar-refractivity contribution in [3.05, 3.63) is 63.6 Å². The fourth-order valence-electron chi connectivity index (χ4n) is 3.57. The van der Waals surface area contributed by atoms with E-state index in [1.807, 2.05) is 55.5 Å². The minimum Gasteiger partial charge on any atom is -0.338 e. The first-order valence-electron chi connectivity index (χ1n) is 9.76. The number of halogens is 1. The summed E-state index contributed by atoms with van der Waals surface area (Å²) in [5.41, 5.74) is 2.97. The summed E-state index contributed by atoms with van der Waals surface area (Å²) in [7, 11) is 0. The van der Waals surface area contributed by atoms with E-state index in [0.29, 0.717) is 18.3 Å². The third-order valence-electron chi connectivity index (χ3n) is 5.28. The van der Waals surface area contributed by atoms with E-state index < -0.39 is 0 Å². The maximum atomic E-state index is 12.5. The fraction of sp³-hybridized carbons (Fsp3) is 0.318. The van der Waals surface area contributed by atoms with Crippen LogP contribution in [-0.4, -0.2) is 34.0 Å². The number of hydrogen-bond acceptors (Lipinski definition) is 5. The van der Waals surface area contributed by atoms with Gasteiger partial charge in [0.2, 0.25) is 17.6 Å². The van der Waals surface area contributed by atoms with E-state index in [4.69, 9.17) is 4.52 Å². The summed E-state index contributed by atoms with van der Waals surface area (Å²) in [5, 5.41) is 7.16. The molecule has 0 unspecified atom stereocenters. The Kier molecular flexibility index (Phi) is 6.25. The zero-order valence-electron chi connectivity index (χ0n) is 16.3. The largest absolute Gasteiger partial charge is 0.338 e. The molecule has 0 spiro atoms. The van der Waals surface area contributed by atoms with Crippen molar-refractivity contribution < 1.29 is 9.32 Å². The number of rotatable bonds is 5. The number of likely N-dealkylation sites (tertiary alicyclic amines) is 1. The van der Waals surface area contributed by atoms with E-state index in [2.05, 4.69) is 42.9 Å². The zero-order chi connectivity index (χ0) is 20.2. The molecule has 2 aromatic carbocycles. The van der Waals surface area contributed by atoms with Gasteiger partial charge >= 0.3 is 0 Å². The Labute approximate surface area is 183 Å². The molecule has 0 atom stereocenters. The standard InChI is InChI=1S/C22H23IN4O2/c1-15-4-2-3-5-19(15)21-25-20(29-26-21)14-27-12-10-16(11-13-27)22(28)24-18-8-6-17(23)7-9-18/h2-9,16H,10-14H2,1H3,(H,24,28). The molecule has 0 radical (unpaired) electrons. The van der Waals surface area contributed by atoms with E-state index in [9.17, 15) is 4.79 Å². The highest BCUT2D eigenvalue weighted by atomic mass is 127. The van der Waals surface area contributed by atoms with Crippen LogP contribution in [0.4, 0.5) is 5.69 Å². The predicted molar refractivity (Wildman–Crippen MR) is 120 cm³/mol. The van der Waals surface area contributed by atoms with Crippen molar-refractivity contribution in [2.24, 2.45) is 5.92 Å². The van der Waals surface area contributed by atoms with E-state index in [-0.39, 0.29) is 11.8 Å². The Balaban J connectivity index is 1.29. The van der Waals surface area contributed by atoms with Gasteiger partial charge in [-0.25, -0.2) is 0 Å². The highest BCUT2D eigenvalue weighted by Crippen LogP contribution is 2.23. The van der Waals surface area contributed by atoms with Gasteiger partial charge in [-0.15, -0.1) is 0 Å². The molecule has 1 N–H and O–H groups in total. The predicted octanol–water partition coefficient (Wildman–Crippen LogP) is 4.50. The Morgan fingerprint density at radius 1 is 1.17 bits per heavy atom. The number of carbonyl (C=O) groups is 1. The first-order valence-corrected chi connectivity index (χ1v) is 10.8. The highest BCUT2D eigenvalue weighted by molar-refractivity contribution is 14.1. The number of aromatic nitrogens is 2. The van der Waals surface area contributed by atoms with Gasteiger partial charge in [-0.2, -0.15) is 4.98 Å². The molecular formula is C22H23IN4O2. The Morgan fingerprint density at radius 2 is 1.90 bits per heavy atom. The monoisotopic (exact) mass is 502 g/mol. The van der Waals surface area contributed by atoms with E-state index in [1.54, 1.807) is 0 Å². The summed E-state index contributed by atoms with van der Waals surface area (Å²) in [5.74, 6) is 1.39. The number of amides is 1. The van der Waals surface area contributed by atoms with E-state index >= 15 is 0 Å². The summed E-state index contributed by atoms with van der Waals surface area (Å²) < 4.78 is 6.61. The van der Waals surface area contributed by atoms with Gasteiger partial charge in [-0.3, -0.25) is 9.69 Å². The smallest absolute Gasteiger partial charge is 0.241 e. The SMILES string of the molecule is Cc1ccccc1-c1noc(CN2CCC(C(=O)Nc3ccc(I)cc3)CC2)n1. The van der Waals surface area contributed by atoms with Crippen LogP contribution in [0, 0.1) is 16.4 Å². The molecule has 6 nitrogen and oxygen atoms in total. The molecule has 0 bridgehead atoms. The maximum absolute atomic E-state index is 12.5. The lowest BCUT2D eigenvalue weighted by Gasteiger charge is -2.30. The maximum Gasteiger partial charge on any atom is 0.241 e. The van der Waals surface area contributed by atoms with Gasteiger partial charge < -0.3 is 9.84 Å². The fourth-order valence-corrected chi connectivity index (χ4v) is 3.93. The summed E-state index contributed by atoms with van der Waals surface area (Å²) in [6.07, 6.45) is 1.66. The van der Waals surface area contributed by atoms with Gasteiger partial charge in [-0.05, 0) is 85.3 Å². The quantitative estimate of drug-likeness (QED) is 0.521. The number of nitrogens with zero attached hydrogens (tertiary/aromatic N) is 3. The lowest BCUT2D eigenvalue weighted by atomic mass is 9.96. The molecule has 0 saturated carbocycles. The first kappa shape index (κ1) is 20.0. The van der Waals surface area contributed by atoms with E-state index in [1.165, 1.54) is 0 Å². The van der Waals surface area contributed by atoms with Crippen LogP contribution in [0.1, 0.15) is 24.3 Å². The molecule has 1 aliphatic rings. The van der Waals surface area contributed by atoms with E-state index in [0.717, 1.165) is 46.3 Å². The van der Waals surface area contributed by atoms with Crippen molar-refractivity contribution in [2.75, 3.05) is 18.4 Å². The molecule has 1 fully saturated rings. The van der Waals surface area contributed by atoms with Crippen LogP contribution in [0.3, 0.4) is 0 Å². The molecular weight excluding hydrogens is 479 g/mol. The molecule has 29 heavy (non-hydrogen) atoms. The van der Waals surface area contributed by atoms with Gasteiger partial charge in [0, 0.05) is 20.7 Å². The van der Waals surface area contributed by atoms with Crippen LogP contribution in [0.15, 0.2) is 53.1 Å². The van der Waals surface area contributed by atoms with Crippen LogP contribution >= 0.6 is 22.6 Å². The highest BCUT2D eigenvalue weighted by Gasteiger charge is 2.26. The van der Waals surface area contributed by atoms with Gasteiger partial charge in [0.15, 0.2) is 0 Å². The van der Waals surface area contributed by atoms with Crippen LogP contribution < -0.4 is 5.32 Å². The van der Waals surface area contributed by atoms with Crippen LogP contribution in [0.5, 0.6) is 0 Å². The first-order chi connectivity index (χ1) is 14.1. The topological polar surface area (TPSA) is 71.3 Å².